The summed E-state index contributed by atoms with van der Waals surface area (Å²) in [6, 6.07) is 10.7. The predicted octanol–water partition coefficient (Wildman–Crippen LogP) is 1.74. The predicted molar refractivity (Wildman–Crippen MR) is 85.1 cm³/mol. The van der Waals surface area contributed by atoms with E-state index in [2.05, 4.69) is 26.6 Å². The van der Waals surface area contributed by atoms with Gasteiger partial charge in [-0.05, 0) is 24.6 Å². The van der Waals surface area contributed by atoms with Crippen LogP contribution in [0.3, 0.4) is 0 Å². The highest BCUT2D eigenvalue weighted by molar-refractivity contribution is 7.18. The fraction of sp³-hybridized carbons (Fsp3) is 0.200. The van der Waals surface area contributed by atoms with Gasteiger partial charge >= 0.3 is 0 Å². The zero-order chi connectivity index (χ0) is 15.4. The number of amides is 1. The summed E-state index contributed by atoms with van der Waals surface area (Å²) in [6.07, 6.45) is 1.62. The van der Waals surface area contributed by atoms with E-state index in [1.807, 2.05) is 18.2 Å². The molecule has 2 aromatic heterocycles. The van der Waals surface area contributed by atoms with Gasteiger partial charge in [-0.2, -0.15) is 5.10 Å². The third kappa shape index (κ3) is 3.37. The Labute approximate surface area is 130 Å². The average molecular weight is 314 g/mol. The van der Waals surface area contributed by atoms with E-state index in [1.165, 1.54) is 16.8 Å². The first-order valence-corrected chi connectivity index (χ1v) is 7.72. The summed E-state index contributed by atoms with van der Waals surface area (Å²) in [6.45, 7) is 0.537. The molecule has 0 atom stereocenters. The number of para-hydroxylation sites is 1. The molecule has 1 amide bonds. The highest BCUT2D eigenvalue weighted by Crippen LogP contribution is 2.22. The van der Waals surface area contributed by atoms with Crippen molar-refractivity contribution in [1.82, 2.24) is 20.5 Å². The first-order chi connectivity index (χ1) is 10.7. The van der Waals surface area contributed by atoms with Gasteiger partial charge in [0.05, 0.1) is 15.2 Å². The third-order valence-corrected chi connectivity index (χ3v) is 4.20. The van der Waals surface area contributed by atoms with Crippen LogP contribution in [-0.4, -0.2) is 27.6 Å². The van der Waals surface area contributed by atoms with Crippen LogP contribution in [0.15, 0.2) is 41.2 Å². The molecule has 0 radical (unpaired) electrons. The molecule has 2 N–H and O–H groups in total. The number of thiazole rings is 1. The van der Waals surface area contributed by atoms with Gasteiger partial charge in [-0.3, -0.25) is 9.59 Å². The second-order valence-corrected chi connectivity index (χ2v) is 5.86. The minimum Gasteiger partial charge on any atom is -0.351 e. The molecule has 0 saturated heterocycles. The summed E-state index contributed by atoms with van der Waals surface area (Å²) in [5.74, 6) is -0.291. The molecule has 1 aromatic carbocycles. The molecular weight excluding hydrogens is 300 g/mol. The molecule has 0 bridgehead atoms. The number of aromatic amines is 1. The molecule has 0 fully saturated rings. The second-order valence-electron chi connectivity index (χ2n) is 4.74. The van der Waals surface area contributed by atoms with Crippen molar-refractivity contribution in [2.75, 3.05) is 6.54 Å². The number of nitrogens with zero attached hydrogens (tertiary/aromatic N) is 2. The Morgan fingerprint density at radius 2 is 2.09 bits per heavy atom. The van der Waals surface area contributed by atoms with Gasteiger partial charge in [-0.25, -0.2) is 10.1 Å². The Hall–Kier alpha value is -2.54. The molecule has 0 unspecified atom stereocenters. The summed E-state index contributed by atoms with van der Waals surface area (Å²) in [5.41, 5.74) is 0.899. The van der Waals surface area contributed by atoms with Crippen molar-refractivity contribution in [3.63, 3.8) is 0 Å². The lowest BCUT2D eigenvalue weighted by atomic mass is 10.3. The normalized spacial score (nSPS) is 10.7. The van der Waals surface area contributed by atoms with Crippen molar-refractivity contribution in [2.24, 2.45) is 0 Å². The van der Waals surface area contributed by atoms with E-state index in [9.17, 15) is 9.59 Å². The Morgan fingerprint density at radius 3 is 2.86 bits per heavy atom. The quantitative estimate of drug-likeness (QED) is 0.702. The summed E-state index contributed by atoms with van der Waals surface area (Å²) >= 11 is 1.68. The lowest BCUT2D eigenvalue weighted by Gasteiger charge is -2.02. The number of aromatic nitrogens is 3. The first kappa shape index (κ1) is 14.4. The maximum Gasteiger partial charge on any atom is 0.271 e. The van der Waals surface area contributed by atoms with Crippen LogP contribution in [0.25, 0.3) is 10.2 Å². The minimum atomic E-state index is -0.326. The van der Waals surface area contributed by atoms with E-state index in [4.69, 9.17) is 0 Å². The number of H-pyrrole nitrogens is 1. The van der Waals surface area contributed by atoms with Crippen LogP contribution in [0.5, 0.6) is 0 Å². The summed E-state index contributed by atoms with van der Waals surface area (Å²) < 4.78 is 1.18. The van der Waals surface area contributed by atoms with Crippen LogP contribution < -0.4 is 10.9 Å². The van der Waals surface area contributed by atoms with Gasteiger partial charge in [0.2, 0.25) is 0 Å². The molecule has 0 saturated carbocycles. The number of carbonyl (C=O) groups is 1. The zero-order valence-electron chi connectivity index (χ0n) is 11.7. The molecular formula is C15H14N4O2S. The fourth-order valence-corrected chi connectivity index (χ4v) is 3.04. The lowest BCUT2D eigenvalue weighted by Crippen LogP contribution is -2.26. The monoisotopic (exact) mass is 314 g/mol. The average Bonchev–Trinajstić information content (AvgIpc) is 2.95. The van der Waals surface area contributed by atoms with Crippen LogP contribution in [0.2, 0.25) is 0 Å². The fourth-order valence-electron chi connectivity index (χ4n) is 2.03. The van der Waals surface area contributed by atoms with Crippen LogP contribution in [0.4, 0.5) is 0 Å². The Bertz CT molecular complexity index is 802. The minimum absolute atomic E-state index is 0.208. The van der Waals surface area contributed by atoms with Gasteiger partial charge in [0.15, 0.2) is 0 Å². The van der Waals surface area contributed by atoms with E-state index in [0.717, 1.165) is 23.4 Å². The molecule has 6 nitrogen and oxygen atoms in total. The van der Waals surface area contributed by atoms with E-state index < -0.39 is 0 Å². The van der Waals surface area contributed by atoms with E-state index in [0.29, 0.717) is 6.54 Å². The summed E-state index contributed by atoms with van der Waals surface area (Å²) in [7, 11) is 0. The zero-order valence-corrected chi connectivity index (χ0v) is 12.5. The Balaban J connectivity index is 1.49. The Morgan fingerprint density at radius 1 is 1.23 bits per heavy atom. The van der Waals surface area contributed by atoms with E-state index in [-0.39, 0.29) is 17.2 Å². The third-order valence-electron chi connectivity index (χ3n) is 3.10. The summed E-state index contributed by atoms with van der Waals surface area (Å²) in [4.78, 5) is 27.2. The van der Waals surface area contributed by atoms with Gasteiger partial charge in [-0.15, -0.1) is 11.3 Å². The molecule has 22 heavy (non-hydrogen) atoms. The van der Waals surface area contributed by atoms with E-state index in [1.54, 1.807) is 11.3 Å². The van der Waals surface area contributed by atoms with Gasteiger partial charge in [0.25, 0.3) is 11.5 Å². The number of aryl methyl sites for hydroxylation is 1. The topological polar surface area (TPSA) is 87.7 Å². The number of benzene rings is 1. The van der Waals surface area contributed by atoms with Gasteiger partial charge in [0, 0.05) is 19.0 Å². The molecule has 2 heterocycles. The van der Waals surface area contributed by atoms with Crippen LogP contribution >= 0.6 is 11.3 Å². The van der Waals surface area contributed by atoms with Crippen molar-refractivity contribution >= 4 is 27.5 Å². The summed E-state index contributed by atoms with van der Waals surface area (Å²) in [5, 5.41) is 9.76. The van der Waals surface area contributed by atoms with Gasteiger partial charge in [0.1, 0.15) is 5.69 Å². The number of nitrogens with one attached hydrogen (secondary N) is 2. The smallest absolute Gasteiger partial charge is 0.271 e. The number of carbonyl (C=O) groups excluding carboxylic acids is 1. The van der Waals surface area contributed by atoms with Crippen molar-refractivity contribution in [1.29, 1.82) is 0 Å². The molecule has 0 spiro atoms. The highest BCUT2D eigenvalue weighted by Gasteiger charge is 2.07. The maximum atomic E-state index is 11.8. The molecule has 3 aromatic rings. The van der Waals surface area contributed by atoms with E-state index >= 15 is 0 Å². The van der Waals surface area contributed by atoms with Crippen molar-refractivity contribution in [3.8, 4) is 0 Å². The van der Waals surface area contributed by atoms with Crippen molar-refractivity contribution in [3.05, 3.63) is 57.5 Å². The van der Waals surface area contributed by atoms with Crippen molar-refractivity contribution < 1.29 is 4.79 Å². The van der Waals surface area contributed by atoms with Crippen molar-refractivity contribution in [2.45, 2.75) is 12.8 Å². The number of hydrogen-bond donors (Lipinski definition) is 2. The van der Waals surface area contributed by atoms with Gasteiger partial charge < -0.3 is 5.32 Å². The van der Waals surface area contributed by atoms with Crippen LogP contribution in [-0.2, 0) is 6.42 Å². The van der Waals surface area contributed by atoms with Crippen LogP contribution in [0, 0.1) is 0 Å². The first-order valence-electron chi connectivity index (χ1n) is 6.91. The van der Waals surface area contributed by atoms with Crippen LogP contribution in [0.1, 0.15) is 21.9 Å². The molecule has 112 valence electrons. The largest absolute Gasteiger partial charge is 0.351 e. The van der Waals surface area contributed by atoms with Gasteiger partial charge in [-0.1, -0.05) is 12.1 Å². The SMILES string of the molecule is O=C(NCCCc1nc2ccccc2s1)c1ccc(=O)[nH]n1. The maximum absolute atomic E-state index is 11.8. The molecule has 3 rings (SSSR count). The standard InChI is InChI=1S/C15H14N4O2S/c20-13-8-7-11(18-19-13)15(21)16-9-3-6-14-17-10-4-1-2-5-12(10)22-14/h1-2,4-5,7-8H,3,6,9H2,(H,16,21)(H,19,20). The molecule has 0 aliphatic heterocycles. The Kier molecular flexibility index (Phi) is 4.24. The number of hydrogen-bond acceptors (Lipinski definition) is 5. The molecule has 0 aliphatic rings. The molecule has 0 aliphatic carbocycles. The lowest BCUT2D eigenvalue weighted by molar-refractivity contribution is 0.0947. The molecule has 7 heteroatoms. The second kappa shape index (κ2) is 6.48. The number of fused-ring (bicyclic) bond motifs is 1. The highest BCUT2D eigenvalue weighted by atomic mass is 32.1. The number of rotatable bonds is 5.